The molecule has 2 aliphatic heterocycles. The van der Waals surface area contributed by atoms with E-state index in [4.69, 9.17) is 4.74 Å². The molecular weight excluding hydrogens is 660 g/mol. The second-order valence-electron chi connectivity index (χ2n) is 12.7. The van der Waals surface area contributed by atoms with Gasteiger partial charge in [-0.3, -0.25) is 4.90 Å². The van der Waals surface area contributed by atoms with Crippen molar-refractivity contribution in [1.29, 1.82) is 5.26 Å². The van der Waals surface area contributed by atoms with Crippen LogP contribution >= 0.6 is 11.3 Å². The predicted molar refractivity (Wildman–Crippen MR) is 187 cm³/mol. The third kappa shape index (κ3) is 7.64. The number of hydrogen-bond acceptors (Lipinski definition) is 8. The summed E-state index contributed by atoms with van der Waals surface area (Å²) in [5.41, 5.74) is 2.65. The number of hydrogen-bond donors (Lipinski definition) is 1. The van der Waals surface area contributed by atoms with E-state index in [2.05, 4.69) is 49.3 Å². The molecule has 0 saturated carbocycles. The number of benzene rings is 1. The number of fused-ring (bicyclic) bond motifs is 2. The van der Waals surface area contributed by atoms with Crippen LogP contribution in [-0.2, 0) is 29.2 Å². The predicted octanol–water partition coefficient (Wildman–Crippen LogP) is 6.58. The number of rotatable bonds is 11. The molecule has 0 radical (unpaired) electrons. The summed E-state index contributed by atoms with van der Waals surface area (Å²) in [6.07, 6.45) is 0.652. The minimum absolute atomic E-state index is 0.138. The fraction of sp³-hybridized carbons (Fsp3) is 0.471. The first kappa shape index (κ1) is 34.2. The van der Waals surface area contributed by atoms with Gasteiger partial charge in [-0.25, -0.2) is 18.5 Å². The van der Waals surface area contributed by atoms with Gasteiger partial charge in [-0.15, -0.1) is 11.3 Å². The number of piperidine rings is 2. The number of thiophene rings is 1. The second-order valence-corrected chi connectivity index (χ2v) is 16.0. The third-order valence-corrected chi connectivity index (χ3v) is 12.3. The summed E-state index contributed by atoms with van der Waals surface area (Å²) in [5.74, 6) is 5.66. The molecule has 0 aliphatic carbocycles. The fourth-order valence-electron chi connectivity index (χ4n) is 6.88. The molecule has 256 valence electrons. The summed E-state index contributed by atoms with van der Waals surface area (Å²) in [5, 5.41) is 16.5. The smallest absolute Gasteiger partial charge is 0.393 e. The van der Waals surface area contributed by atoms with E-state index in [-0.39, 0.29) is 10.9 Å². The Kier molecular flexibility index (Phi) is 10.0. The molecule has 2 saturated heterocycles. The first-order chi connectivity index (χ1) is 23.0. The molecule has 0 amide bonds. The van der Waals surface area contributed by atoms with Gasteiger partial charge in [-0.05, 0) is 62.1 Å². The van der Waals surface area contributed by atoms with Crippen molar-refractivity contribution >= 4 is 53.9 Å². The summed E-state index contributed by atoms with van der Waals surface area (Å²) in [4.78, 5) is 11.7. The molecule has 2 fully saturated rings. The van der Waals surface area contributed by atoms with E-state index in [1.165, 1.54) is 11.7 Å². The van der Waals surface area contributed by atoms with Gasteiger partial charge < -0.3 is 14.6 Å². The largest absolute Gasteiger partial charge is 0.496 e. The van der Waals surface area contributed by atoms with Crippen LogP contribution in [0.5, 0.6) is 5.75 Å². The lowest BCUT2D eigenvalue weighted by molar-refractivity contribution is -0.126. The maximum atomic E-state index is 13.0. The van der Waals surface area contributed by atoms with E-state index in [1.54, 1.807) is 13.2 Å². The van der Waals surface area contributed by atoms with E-state index in [0.717, 1.165) is 98.4 Å². The molecule has 1 unspecified atom stereocenters. The summed E-state index contributed by atoms with van der Waals surface area (Å²) < 4.78 is 61.3. The lowest BCUT2D eigenvalue weighted by Crippen LogP contribution is -2.38. The van der Waals surface area contributed by atoms with Gasteiger partial charge in [0.05, 0.1) is 24.4 Å². The third-order valence-electron chi connectivity index (χ3n) is 9.53. The molecule has 9 nitrogen and oxygen atoms in total. The number of nitriles is 1. The molecule has 1 aromatic carbocycles. The van der Waals surface area contributed by atoms with Gasteiger partial charge in [-0.2, -0.15) is 18.4 Å². The van der Waals surface area contributed by atoms with Crippen molar-refractivity contribution in [3.05, 3.63) is 58.7 Å². The highest BCUT2D eigenvalue weighted by Gasteiger charge is 2.30. The molecular formula is C34H40F3N7O2S2. The van der Waals surface area contributed by atoms with Gasteiger partial charge in [0.25, 0.3) is 0 Å². The van der Waals surface area contributed by atoms with Crippen LogP contribution in [0.15, 0.2) is 42.6 Å². The molecule has 0 spiro atoms. The fourth-order valence-corrected chi connectivity index (χ4v) is 8.95. The van der Waals surface area contributed by atoms with Crippen molar-refractivity contribution in [2.24, 2.45) is 5.92 Å². The van der Waals surface area contributed by atoms with Crippen LogP contribution in [0.3, 0.4) is 0 Å². The molecule has 14 heteroatoms. The van der Waals surface area contributed by atoms with Gasteiger partial charge in [0.1, 0.15) is 34.5 Å². The van der Waals surface area contributed by atoms with Crippen LogP contribution in [0.25, 0.3) is 21.1 Å². The van der Waals surface area contributed by atoms with Gasteiger partial charge >= 0.3 is 6.18 Å². The molecule has 1 atom stereocenters. The molecule has 2 aliphatic rings. The zero-order valence-corrected chi connectivity index (χ0v) is 28.6. The Morgan fingerprint density at radius 3 is 2.56 bits per heavy atom. The first-order valence-electron chi connectivity index (χ1n) is 16.1. The number of nitrogens with one attached hydrogen (secondary N) is 1. The van der Waals surface area contributed by atoms with Gasteiger partial charge in [0, 0.05) is 82.3 Å². The van der Waals surface area contributed by atoms with Gasteiger partial charge in [0.2, 0.25) is 0 Å². The highest BCUT2D eigenvalue weighted by molar-refractivity contribution is 8.00. The van der Waals surface area contributed by atoms with E-state index >= 15 is 0 Å². The van der Waals surface area contributed by atoms with Crippen molar-refractivity contribution in [2.75, 3.05) is 38.6 Å². The molecule has 48 heavy (non-hydrogen) atoms. The highest BCUT2D eigenvalue weighted by atomic mass is 32.2. The number of halogens is 3. The Hall–Kier alpha value is -3.64. The molecule has 5 heterocycles. The van der Waals surface area contributed by atoms with Crippen LogP contribution in [0, 0.1) is 17.2 Å². The van der Waals surface area contributed by atoms with E-state index in [9.17, 15) is 22.6 Å². The molecule has 1 N–H and O–H groups in total. The zero-order valence-electron chi connectivity index (χ0n) is 27.0. The normalized spacial score (nSPS) is 18.6. The molecule has 0 bridgehead atoms. The Balaban J connectivity index is 1.08. The maximum Gasteiger partial charge on any atom is 0.393 e. The molecule has 4 aromatic rings. The van der Waals surface area contributed by atoms with E-state index in [1.807, 2.05) is 16.4 Å². The van der Waals surface area contributed by atoms with Crippen molar-refractivity contribution < 1.29 is 22.1 Å². The van der Waals surface area contributed by atoms with E-state index < -0.39 is 22.3 Å². The van der Waals surface area contributed by atoms with Crippen molar-refractivity contribution in [2.45, 2.75) is 63.8 Å². The standard InChI is InChI=1S/C34H40F3N7O2S2/c1-4-48(3,45)43-12-5-23(6-13-43)7-14-44-27(20-38)16-24-15-25(31(46-2)18-30(24)44)21-42-10-8-26(9-11-42)41-32-29-17-28(19-34(35,36)37)47-33(29)40-22-39-32/h4,15-18,22-23,26H,1,3,5-14,19,21H2,2H3,(H,39,40,41). The zero-order chi connectivity index (χ0) is 34.1. The maximum absolute atomic E-state index is 13.0. The Morgan fingerprint density at radius 1 is 1.15 bits per heavy atom. The second kappa shape index (κ2) is 14.1. The monoisotopic (exact) mass is 699 g/mol. The number of aromatic nitrogens is 3. The summed E-state index contributed by atoms with van der Waals surface area (Å²) in [7, 11) is -0.726. The van der Waals surface area contributed by atoms with Crippen molar-refractivity contribution in [3.63, 3.8) is 0 Å². The minimum Gasteiger partial charge on any atom is -0.496 e. The van der Waals surface area contributed by atoms with Crippen LogP contribution in [-0.4, -0.2) is 79.3 Å². The molecule has 3 aromatic heterocycles. The summed E-state index contributed by atoms with van der Waals surface area (Å²) in [6.45, 7) is 8.20. The molecule has 6 rings (SSSR count). The van der Waals surface area contributed by atoms with Crippen LogP contribution in [0.1, 0.15) is 48.2 Å². The number of methoxy groups -OCH3 is 1. The number of aryl methyl sites for hydroxylation is 1. The number of anilines is 1. The quantitative estimate of drug-likeness (QED) is 0.177. The minimum atomic E-state index is -4.27. The van der Waals surface area contributed by atoms with Crippen molar-refractivity contribution in [3.8, 4) is 11.8 Å². The average molecular weight is 700 g/mol. The SMILES string of the molecule is C=CS(=C)(=O)N1CCC(CCn2c(C#N)cc3cc(CN4CCC(Nc5ncnc6sc(CC(F)(F)F)cc56)CC4)c(OC)cc32)CC1. The number of alkyl halides is 3. The number of nitrogens with zero attached hydrogens (tertiary/aromatic N) is 6. The van der Waals surface area contributed by atoms with Gasteiger partial charge in [0.15, 0.2) is 0 Å². The van der Waals surface area contributed by atoms with Crippen LogP contribution < -0.4 is 10.1 Å². The average Bonchev–Trinajstić information content (AvgIpc) is 3.63. The summed E-state index contributed by atoms with van der Waals surface area (Å²) >= 11 is 1.05. The van der Waals surface area contributed by atoms with Crippen molar-refractivity contribution in [1.82, 2.24) is 23.7 Å². The van der Waals surface area contributed by atoms with Crippen LogP contribution in [0.2, 0.25) is 0 Å². The van der Waals surface area contributed by atoms with E-state index in [0.29, 0.717) is 34.2 Å². The Labute approximate surface area is 283 Å². The van der Waals surface area contributed by atoms with Crippen LogP contribution in [0.4, 0.5) is 19.0 Å². The lowest BCUT2D eigenvalue weighted by atomic mass is 9.94. The van der Waals surface area contributed by atoms with Gasteiger partial charge in [-0.1, -0.05) is 6.58 Å². The summed E-state index contributed by atoms with van der Waals surface area (Å²) in [6, 6.07) is 10.2. The topological polar surface area (TPSA) is 99.3 Å². The highest BCUT2D eigenvalue weighted by Crippen LogP contribution is 2.34. The Morgan fingerprint density at radius 2 is 1.90 bits per heavy atom. The number of likely N-dealkylation sites (tertiary alicyclic amines) is 1. The number of ether oxygens (including phenoxy) is 1. The first-order valence-corrected chi connectivity index (χ1v) is 18.7. The lowest BCUT2D eigenvalue weighted by Gasteiger charge is -2.33. The Bertz CT molecular complexity index is 1930.